The second-order valence-corrected chi connectivity index (χ2v) is 18.3. The molecule has 364 valence electrons. The molecule has 2 radical (unpaired) electrons. The fourth-order valence-corrected chi connectivity index (χ4v) is 9.02. The van der Waals surface area contributed by atoms with Crippen LogP contribution < -0.4 is 4.57 Å². The van der Waals surface area contributed by atoms with E-state index in [-0.39, 0.29) is 80.2 Å². The van der Waals surface area contributed by atoms with E-state index in [1.807, 2.05) is 92.7 Å². The van der Waals surface area contributed by atoms with Crippen molar-refractivity contribution < 1.29 is 61.2 Å². The molecular formula is C62H67Ir2N6-. The van der Waals surface area contributed by atoms with Crippen LogP contribution in [0.1, 0.15) is 146 Å². The van der Waals surface area contributed by atoms with Gasteiger partial charge in [-0.1, -0.05) is 128 Å². The summed E-state index contributed by atoms with van der Waals surface area (Å²) in [5, 5.41) is 0. The molecule has 0 fully saturated rings. The number of fused-ring (bicyclic) bond motifs is 3. The van der Waals surface area contributed by atoms with Crippen molar-refractivity contribution in [2.75, 3.05) is 0 Å². The fraction of sp³-hybridized carbons (Fsp3) is 0.274. The Kier molecular flexibility index (Phi) is 13.0. The van der Waals surface area contributed by atoms with E-state index >= 15 is 0 Å². The number of hydrogen-bond acceptors (Lipinski definition) is 2. The summed E-state index contributed by atoms with van der Waals surface area (Å²) in [6.45, 7) is 8.43. The molecule has 0 N–H and O–H groups in total. The quantitative estimate of drug-likeness (QED) is 0.107. The smallest absolute Gasteiger partial charge is 0.294 e. The molecule has 0 aliphatic carbocycles. The van der Waals surface area contributed by atoms with Gasteiger partial charge in [-0.15, -0.1) is 71.8 Å². The first-order valence-electron chi connectivity index (χ1n) is 29.3. The van der Waals surface area contributed by atoms with Crippen molar-refractivity contribution in [1.82, 2.24) is 23.7 Å². The zero-order valence-corrected chi connectivity index (χ0v) is 45.6. The predicted molar refractivity (Wildman–Crippen MR) is 281 cm³/mol. The van der Waals surface area contributed by atoms with E-state index in [2.05, 4.69) is 114 Å². The maximum absolute atomic E-state index is 8.06. The third-order valence-corrected chi connectivity index (χ3v) is 12.3. The molecule has 8 heteroatoms. The van der Waals surface area contributed by atoms with E-state index in [4.69, 9.17) is 16.4 Å². The average Bonchev–Trinajstić information content (AvgIpc) is 4.27. The van der Waals surface area contributed by atoms with Gasteiger partial charge < -0.3 is 9.13 Å². The minimum absolute atomic E-state index is 0. The average molecular weight is 1290 g/mol. The Balaban J connectivity index is 0.000000195. The molecule has 9 aromatic rings. The summed E-state index contributed by atoms with van der Waals surface area (Å²) in [6.07, 6.45) is 6.74. The van der Waals surface area contributed by atoms with E-state index in [9.17, 15) is 0 Å². The summed E-state index contributed by atoms with van der Waals surface area (Å²) in [4.78, 5) is 9.00. The van der Waals surface area contributed by atoms with Gasteiger partial charge in [-0.2, -0.15) is 4.57 Å². The van der Waals surface area contributed by atoms with E-state index in [0.29, 0.717) is 30.0 Å². The van der Waals surface area contributed by atoms with Crippen LogP contribution in [0.25, 0.3) is 51.2 Å². The zero-order valence-electron chi connectivity index (χ0n) is 52.8. The Labute approximate surface area is 461 Å². The normalized spacial score (nSPS) is 14.6. The third kappa shape index (κ3) is 11.1. The van der Waals surface area contributed by atoms with Crippen LogP contribution in [0.15, 0.2) is 152 Å². The molecule has 0 amide bonds. The van der Waals surface area contributed by atoms with Crippen molar-refractivity contribution in [2.45, 2.75) is 113 Å². The Morgan fingerprint density at radius 3 is 1.63 bits per heavy atom. The molecule has 70 heavy (non-hydrogen) atoms. The van der Waals surface area contributed by atoms with Crippen molar-refractivity contribution in [1.29, 1.82) is 0 Å². The van der Waals surface area contributed by atoms with Gasteiger partial charge in [-0.3, -0.25) is 9.97 Å². The Morgan fingerprint density at radius 1 is 0.557 bits per heavy atom. The van der Waals surface area contributed by atoms with Crippen LogP contribution >= 0.6 is 0 Å². The predicted octanol–water partition coefficient (Wildman–Crippen LogP) is 15.2. The van der Waals surface area contributed by atoms with Crippen molar-refractivity contribution in [2.24, 2.45) is 0 Å². The second-order valence-electron chi connectivity index (χ2n) is 18.3. The molecule has 0 spiro atoms. The Hall–Kier alpha value is -5.75. The summed E-state index contributed by atoms with van der Waals surface area (Å²) in [7, 11) is 0. The van der Waals surface area contributed by atoms with Gasteiger partial charge in [0.05, 0.1) is 17.2 Å². The van der Waals surface area contributed by atoms with E-state index < -0.39 is 27.4 Å². The minimum atomic E-state index is -2.42. The number of hydrogen-bond donors (Lipinski definition) is 0. The van der Waals surface area contributed by atoms with E-state index in [1.54, 1.807) is 17.0 Å². The molecule has 1 aliphatic heterocycles. The number of benzene rings is 6. The van der Waals surface area contributed by atoms with Crippen molar-refractivity contribution in [3.05, 3.63) is 215 Å². The van der Waals surface area contributed by atoms with Gasteiger partial charge >= 0.3 is 0 Å². The van der Waals surface area contributed by atoms with Crippen LogP contribution in [0, 0.1) is 39.5 Å². The van der Waals surface area contributed by atoms with Crippen molar-refractivity contribution in [3.63, 3.8) is 0 Å². The van der Waals surface area contributed by atoms with Crippen LogP contribution in [-0.2, 0) is 46.8 Å². The van der Waals surface area contributed by atoms with Crippen molar-refractivity contribution in [3.8, 4) is 51.2 Å². The Morgan fingerprint density at radius 2 is 1.10 bits per heavy atom. The number of imidazole rings is 3. The molecule has 4 heterocycles. The van der Waals surface area contributed by atoms with Crippen LogP contribution in [0.3, 0.4) is 0 Å². The molecule has 6 aromatic carbocycles. The van der Waals surface area contributed by atoms with Gasteiger partial charge in [0, 0.05) is 97.4 Å². The first-order chi connectivity index (χ1) is 37.6. The summed E-state index contributed by atoms with van der Waals surface area (Å²) < 4.78 is 102. The van der Waals surface area contributed by atoms with Crippen molar-refractivity contribution >= 4 is 0 Å². The molecule has 0 bridgehead atoms. The number of nitrogens with zero attached hydrogens (tertiary/aromatic N) is 6. The molecule has 0 saturated carbocycles. The largest absolute Gasteiger partial charge is 0.339 e. The monoisotopic (exact) mass is 1290 g/mol. The molecule has 10 rings (SSSR count). The fourth-order valence-electron chi connectivity index (χ4n) is 9.02. The minimum Gasteiger partial charge on any atom is -0.339 e. The summed E-state index contributed by atoms with van der Waals surface area (Å²) in [5.74, 6) is 3.10. The third-order valence-electron chi connectivity index (χ3n) is 12.3. The summed E-state index contributed by atoms with van der Waals surface area (Å²) in [6, 6.07) is 46.3. The first-order valence-corrected chi connectivity index (χ1v) is 23.3. The number of para-hydroxylation sites is 3. The van der Waals surface area contributed by atoms with Gasteiger partial charge in [-0.25, -0.2) is 4.57 Å². The molecule has 0 saturated heterocycles. The number of aromatic nitrogens is 6. The summed E-state index contributed by atoms with van der Waals surface area (Å²) in [5.41, 5.74) is 10.8. The maximum atomic E-state index is 8.06. The number of rotatable bonds is 9. The molecule has 0 atom stereocenters. The zero-order chi connectivity index (χ0) is 58.2. The maximum Gasteiger partial charge on any atom is 0.294 e. The van der Waals surface area contributed by atoms with Crippen LogP contribution in [-0.4, -0.2) is 23.7 Å². The van der Waals surface area contributed by atoms with E-state index in [0.717, 1.165) is 50.6 Å². The Bertz CT molecular complexity index is 3490. The SMILES string of the molecule is [2H]C([2H])([2H])c1cccc(C([2H])([2H])[2H])c1-n1cc[n+]2c1-c1ccccc1C2.[2H]C([2H])([2H])c1cn(-c2c(C(C)C)cccc2C(C)C)c(-c2[c-]cccc2)n1.[2H]C([2H])([2H])c1cnc(-c2[c-]cccc2)n1-c1c(C(C)C)cccc1C(C)C.[Ir].[Ir]. The van der Waals surface area contributed by atoms with Crippen LogP contribution in [0.4, 0.5) is 0 Å². The molecule has 3 aromatic heterocycles. The summed E-state index contributed by atoms with van der Waals surface area (Å²) >= 11 is 0. The van der Waals surface area contributed by atoms with Gasteiger partial charge in [0.2, 0.25) is 0 Å². The molecule has 1 aliphatic rings. The first kappa shape index (κ1) is 38.9. The second kappa shape index (κ2) is 23.4. The number of aryl methyl sites for hydroxylation is 4. The standard InChI is InChI=1S/2C22H25N2.C18H17N2.2Ir/c1-15(2)19-12-9-13-20(16(3)4)21(19)24-14-17(5)23-22(24)18-10-7-6-8-11-18;1-15(2)19-12-9-13-20(16(3)4)21(19)24-17(5)14-23-22(24)18-10-7-6-8-11-18;1-13-6-5-7-14(2)17(13)20-11-10-19-12-15-8-3-4-9-16(15)18(19)20;;/h2*6-10,12-16H,1-5H3;3-11H,12H2,1-2H3;;/q2*-1;+1;;/i2*5D3;1D3,2D3;;. The van der Waals surface area contributed by atoms with Crippen LogP contribution in [0.5, 0.6) is 0 Å². The molecule has 6 nitrogen and oxygen atoms in total. The topological polar surface area (TPSA) is 44.4 Å². The van der Waals surface area contributed by atoms with E-state index in [1.165, 1.54) is 35.5 Å². The van der Waals surface area contributed by atoms with Gasteiger partial charge in [-0.05, 0) is 90.5 Å². The van der Waals surface area contributed by atoms with Gasteiger partial charge in [0.1, 0.15) is 24.6 Å². The molecule has 0 unspecified atom stereocenters. The van der Waals surface area contributed by atoms with Gasteiger partial charge in [0.15, 0.2) is 0 Å². The van der Waals surface area contributed by atoms with Crippen LogP contribution in [0.2, 0.25) is 0 Å². The van der Waals surface area contributed by atoms with Gasteiger partial charge in [0.25, 0.3) is 5.82 Å². The molecular weight excluding hydrogens is 1210 g/mol.